The molecule has 0 radical (unpaired) electrons. The number of phenols is 1. The molecule has 214 valence electrons. The lowest BCUT2D eigenvalue weighted by atomic mass is 9.85. The molecule has 3 aromatic rings. The number of aryl methyl sites for hydroxylation is 1. The minimum Gasteiger partial charge on any atom is -0.506 e. The number of nitrogens with zero attached hydrogens (tertiary/aromatic N) is 1. The molecule has 0 fully saturated rings. The fourth-order valence-electron chi connectivity index (χ4n) is 5.22. The molecule has 0 spiro atoms. The van der Waals surface area contributed by atoms with E-state index in [4.69, 9.17) is 21.1 Å². The molecule has 0 saturated carbocycles. The van der Waals surface area contributed by atoms with Gasteiger partial charge in [-0.3, -0.25) is 9.69 Å². The van der Waals surface area contributed by atoms with Crippen LogP contribution in [0.25, 0.3) is 0 Å². The van der Waals surface area contributed by atoms with Gasteiger partial charge in [-0.2, -0.15) is 0 Å². The summed E-state index contributed by atoms with van der Waals surface area (Å²) in [5.74, 6) is -0.141. The normalized spacial score (nSPS) is 17.5. The van der Waals surface area contributed by atoms with Crippen LogP contribution in [0.4, 0.5) is 15.8 Å². The zero-order valence-electron chi connectivity index (χ0n) is 23.7. The number of amides is 1. The Kier molecular flexibility index (Phi) is 7.75. The van der Waals surface area contributed by atoms with Crippen molar-refractivity contribution >= 4 is 28.9 Å². The van der Waals surface area contributed by atoms with E-state index in [1.165, 1.54) is 11.0 Å². The Bertz CT molecular complexity index is 1560. The first-order chi connectivity index (χ1) is 19.4. The van der Waals surface area contributed by atoms with Crippen LogP contribution in [0.5, 0.6) is 11.5 Å². The van der Waals surface area contributed by atoms with Crippen LogP contribution < -0.4 is 15.0 Å². The van der Waals surface area contributed by atoms with E-state index >= 15 is 4.39 Å². The van der Waals surface area contributed by atoms with Crippen LogP contribution in [-0.2, 0) is 16.0 Å². The van der Waals surface area contributed by atoms with Crippen molar-refractivity contribution in [2.75, 3.05) is 23.4 Å². The van der Waals surface area contributed by atoms with Crippen LogP contribution in [-0.4, -0.2) is 24.2 Å². The first-order valence-electron chi connectivity index (χ1n) is 13.5. The Morgan fingerprint density at radius 1 is 1.24 bits per heavy atom. The largest absolute Gasteiger partial charge is 0.506 e. The minimum absolute atomic E-state index is 0.0337. The van der Waals surface area contributed by atoms with Crippen LogP contribution >= 0.6 is 11.6 Å². The standard InChI is InChI=1S/C33H34ClFN2O4/c1-19(2)17-40-22-11-12-23(25(35)15-22)31-32-26(16-33(4,5)18-41-32)36-30-27(7-6-8-28(30)38)37(31)29(39)14-21-10-9-20(3)13-24(21)34/h6-13,15,31,36,38H,1,14,16-18H2,2-5H3. The third-order valence-corrected chi connectivity index (χ3v) is 7.56. The molecule has 2 heterocycles. The number of carbonyl (C=O) groups is 1. The van der Waals surface area contributed by atoms with Gasteiger partial charge < -0.3 is 19.9 Å². The molecule has 3 aromatic carbocycles. The highest BCUT2D eigenvalue weighted by molar-refractivity contribution is 6.31. The summed E-state index contributed by atoms with van der Waals surface area (Å²) in [7, 11) is 0. The van der Waals surface area contributed by atoms with Gasteiger partial charge in [0.1, 0.15) is 41.4 Å². The summed E-state index contributed by atoms with van der Waals surface area (Å²) in [6, 6.07) is 14.1. The van der Waals surface area contributed by atoms with Crippen LogP contribution in [0.3, 0.4) is 0 Å². The average Bonchev–Trinajstić information content (AvgIpc) is 3.03. The van der Waals surface area contributed by atoms with Crippen LogP contribution in [0.1, 0.15) is 49.9 Å². The number of hydrogen-bond acceptors (Lipinski definition) is 5. The topological polar surface area (TPSA) is 71.0 Å². The zero-order valence-corrected chi connectivity index (χ0v) is 24.4. The molecule has 1 atom stereocenters. The summed E-state index contributed by atoms with van der Waals surface area (Å²) in [4.78, 5) is 15.8. The van der Waals surface area contributed by atoms with Gasteiger partial charge >= 0.3 is 0 Å². The molecule has 1 unspecified atom stereocenters. The molecule has 1 amide bonds. The number of allylic oxidation sites excluding steroid dienone is 1. The van der Waals surface area contributed by atoms with Crippen molar-refractivity contribution in [1.82, 2.24) is 0 Å². The highest BCUT2D eigenvalue weighted by Gasteiger charge is 2.42. The summed E-state index contributed by atoms with van der Waals surface area (Å²) < 4.78 is 28.1. The van der Waals surface area contributed by atoms with Gasteiger partial charge in [0, 0.05) is 22.1 Å². The van der Waals surface area contributed by atoms with E-state index in [0.29, 0.717) is 52.2 Å². The molecule has 6 nitrogen and oxygen atoms in total. The predicted octanol–water partition coefficient (Wildman–Crippen LogP) is 7.85. The SMILES string of the molecule is C=C(C)COc1ccc(C2C3=C(CC(C)(C)CO3)Nc3c(O)cccc3N2C(=O)Cc2ccc(C)cc2Cl)c(F)c1. The number of benzene rings is 3. The monoisotopic (exact) mass is 576 g/mol. The molecular formula is C33H34ClFN2O4. The minimum atomic E-state index is -0.955. The number of carbonyl (C=O) groups excluding carboxylic acids is 1. The number of aromatic hydroxyl groups is 1. The van der Waals surface area contributed by atoms with E-state index in [2.05, 4.69) is 25.7 Å². The van der Waals surface area contributed by atoms with Gasteiger partial charge in [0.25, 0.3) is 0 Å². The number of halogens is 2. The van der Waals surface area contributed by atoms with E-state index in [9.17, 15) is 9.90 Å². The molecule has 41 heavy (non-hydrogen) atoms. The van der Waals surface area contributed by atoms with Crippen molar-refractivity contribution in [3.63, 3.8) is 0 Å². The number of para-hydroxylation sites is 1. The first kappa shape index (κ1) is 28.6. The van der Waals surface area contributed by atoms with Gasteiger partial charge in [-0.25, -0.2) is 4.39 Å². The molecule has 2 aliphatic rings. The van der Waals surface area contributed by atoms with E-state index in [-0.39, 0.29) is 35.7 Å². The lowest BCUT2D eigenvalue weighted by Gasteiger charge is -2.38. The van der Waals surface area contributed by atoms with E-state index in [0.717, 1.165) is 11.1 Å². The van der Waals surface area contributed by atoms with Crippen molar-refractivity contribution in [2.24, 2.45) is 5.41 Å². The van der Waals surface area contributed by atoms with Crippen LogP contribution in [0.2, 0.25) is 5.02 Å². The quantitative estimate of drug-likeness (QED) is 0.231. The van der Waals surface area contributed by atoms with Crippen molar-refractivity contribution < 1.29 is 23.8 Å². The molecule has 2 N–H and O–H groups in total. The van der Waals surface area contributed by atoms with Gasteiger partial charge in [-0.05, 0) is 67.3 Å². The maximum atomic E-state index is 16.0. The Morgan fingerprint density at radius 2 is 2.02 bits per heavy atom. The maximum Gasteiger partial charge on any atom is 0.232 e. The summed E-state index contributed by atoms with van der Waals surface area (Å²) in [6.07, 6.45) is 0.528. The Hall–Kier alpha value is -3.97. The number of ether oxygens (including phenoxy) is 2. The molecule has 0 saturated heterocycles. The third-order valence-electron chi connectivity index (χ3n) is 7.20. The summed E-state index contributed by atoms with van der Waals surface area (Å²) in [5.41, 5.74) is 3.87. The maximum absolute atomic E-state index is 16.0. The van der Waals surface area contributed by atoms with Gasteiger partial charge in [0.15, 0.2) is 0 Å². The van der Waals surface area contributed by atoms with Crippen molar-refractivity contribution in [2.45, 2.75) is 46.6 Å². The number of hydrogen-bond donors (Lipinski definition) is 2. The van der Waals surface area contributed by atoms with Gasteiger partial charge in [0.2, 0.25) is 5.91 Å². The number of phenolic OH excluding ortho intramolecular Hbond substituents is 1. The molecular weight excluding hydrogens is 543 g/mol. The lowest BCUT2D eigenvalue weighted by Crippen LogP contribution is -2.39. The Balaban J connectivity index is 1.69. The smallest absolute Gasteiger partial charge is 0.232 e. The summed E-state index contributed by atoms with van der Waals surface area (Å²) in [6.45, 7) is 12.4. The molecule has 2 aliphatic heterocycles. The van der Waals surface area contributed by atoms with Gasteiger partial charge in [-0.1, -0.05) is 50.2 Å². The second-order valence-electron chi connectivity index (χ2n) is 11.6. The molecule has 8 heteroatoms. The van der Waals surface area contributed by atoms with E-state index in [1.807, 2.05) is 32.0 Å². The van der Waals surface area contributed by atoms with Crippen molar-refractivity contribution in [3.8, 4) is 11.5 Å². The highest BCUT2D eigenvalue weighted by Crippen LogP contribution is 2.50. The van der Waals surface area contributed by atoms with Crippen LogP contribution in [0, 0.1) is 18.2 Å². The zero-order chi connectivity index (χ0) is 29.5. The van der Waals surface area contributed by atoms with Gasteiger partial charge in [0.05, 0.1) is 24.4 Å². The molecule has 0 bridgehead atoms. The third kappa shape index (κ3) is 5.91. The van der Waals surface area contributed by atoms with Crippen molar-refractivity contribution in [3.05, 3.63) is 106 Å². The van der Waals surface area contributed by atoms with Gasteiger partial charge in [-0.15, -0.1) is 0 Å². The molecule has 0 aliphatic carbocycles. The fraction of sp³-hybridized carbons (Fsp3) is 0.303. The number of anilines is 2. The second kappa shape index (κ2) is 11.1. The predicted molar refractivity (Wildman–Crippen MR) is 160 cm³/mol. The first-order valence-corrected chi connectivity index (χ1v) is 13.9. The summed E-state index contributed by atoms with van der Waals surface area (Å²) >= 11 is 6.52. The Labute approximate surface area is 245 Å². The van der Waals surface area contributed by atoms with E-state index < -0.39 is 11.9 Å². The fourth-order valence-corrected chi connectivity index (χ4v) is 5.52. The number of rotatable bonds is 6. The second-order valence-corrected chi connectivity index (χ2v) is 12.0. The highest BCUT2D eigenvalue weighted by atomic mass is 35.5. The number of fused-ring (bicyclic) bond motifs is 1. The average molecular weight is 577 g/mol. The number of nitrogens with one attached hydrogen (secondary N) is 1. The van der Waals surface area contributed by atoms with Crippen LogP contribution in [0.15, 0.2) is 78.2 Å². The Morgan fingerprint density at radius 3 is 2.73 bits per heavy atom. The molecule has 0 aromatic heterocycles. The molecule has 5 rings (SSSR count). The van der Waals surface area contributed by atoms with E-state index in [1.54, 1.807) is 30.3 Å². The summed E-state index contributed by atoms with van der Waals surface area (Å²) in [5, 5.41) is 14.8. The van der Waals surface area contributed by atoms with Crippen molar-refractivity contribution in [1.29, 1.82) is 0 Å². The lowest BCUT2D eigenvalue weighted by molar-refractivity contribution is -0.118.